The highest BCUT2D eigenvalue weighted by molar-refractivity contribution is 4.97. The molecule has 1 heterocycles. The Morgan fingerprint density at radius 1 is 1.00 bits per heavy atom. The van der Waals surface area contributed by atoms with E-state index in [9.17, 15) is 0 Å². The summed E-state index contributed by atoms with van der Waals surface area (Å²) in [5.41, 5.74) is 0.230. The first-order valence-corrected chi connectivity index (χ1v) is 5.18. The minimum atomic E-state index is 0.230. The summed E-state index contributed by atoms with van der Waals surface area (Å²) in [4.78, 5) is 0. The molecule has 1 saturated carbocycles. The second-order valence-corrected chi connectivity index (χ2v) is 4.24. The SMILES string of the molecule is C=C1CCCC2(CCCCC2)O1. The first kappa shape index (κ1) is 8.15. The molecule has 2 aliphatic rings. The monoisotopic (exact) mass is 166 g/mol. The normalized spacial score (nSPS) is 28.5. The van der Waals surface area contributed by atoms with Gasteiger partial charge in [0, 0.05) is 6.42 Å². The Balaban J connectivity index is 2.02. The standard InChI is InChI=1S/C11H18O/c1-10-6-5-9-11(12-10)7-3-2-4-8-11/h1-9H2. The molecule has 1 aliphatic heterocycles. The fraction of sp³-hybridized carbons (Fsp3) is 0.818. The smallest absolute Gasteiger partial charge is 0.109 e. The summed E-state index contributed by atoms with van der Waals surface area (Å²) < 4.78 is 5.92. The van der Waals surface area contributed by atoms with Gasteiger partial charge in [-0.25, -0.2) is 0 Å². The van der Waals surface area contributed by atoms with Crippen LogP contribution in [-0.4, -0.2) is 5.60 Å². The summed E-state index contributed by atoms with van der Waals surface area (Å²) in [6, 6.07) is 0. The van der Waals surface area contributed by atoms with Crippen molar-refractivity contribution in [2.75, 3.05) is 0 Å². The lowest BCUT2D eigenvalue weighted by Crippen LogP contribution is -2.37. The maximum atomic E-state index is 5.92. The van der Waals surface area contributed by atoms with E-state index in [4.69, 9.17) is 4.74 Å². The van der Waals surface area contributed by atoms with Crippen LogP contribution in [0.3, 0.4) is 0 Å². The number of ether oxygens (including phenoxy) is 1. The Hall–Kier alpha value is -0.460. The molecule has 2 rings (SSSR count). The fourth-order valence-electron chi connectivity index (χ4n) is 2.56. The maximum absolute atomic E-state index is 5.92. The van der Waals surface area contributed by atoms with Crippen molar-refractivity contribution in [1.29, 1.82) is 0 Å². The topological polar surface area (TPSA) is 9.23 Å². The molecule has 1 saturated heterocycles. The highest BCUT2D eigenvalue weighted by atomic mass is 16.5. The van der Waals surface area contributed by atoms with Crippen molar-refractivity contribution < 1.29 is 4.74 Å². The number of allylic oxidation sites excluding steroid dienone is 1. The Kier molecular flexibility index (Phi) is 2.12. The number of hydrogen-bond donors (Lipinski definition) is 0. The molecule has 0 aromatic rings. The van der Waals surface area contributed by atoms with Crippen LogP contribution in [0.5, 0.6) is 0 Å². The van der Waals surface area contributed by atoms with Crippen LogP contribution in [-0.2, 0) is 4.74 Å². The molecule has 1 aliphatic carbocycles. The van der Waals surface area contributed by atoms with E-state index in [0.29, 0.717) is 0 Å². The molecular formula is C11H18O. The van der Waals surface area contributed by atoms with Gasteiger partial charge < -0.3 is 4.74 Å². The van der Waals surface area contributed by atoms with Gasteiger partial charge in [0.15, 0.2) is 0 Å². The number of hydrogen-bond acceptors (Lipinski definition) is 1. The van der Waals surface area contributed by atoms with E-state index in [1.54, 1.807) is 0 Å². The largest absolute Gasteiger partial charge is 0.492 e. The third-order valence-corrected chi connectivity index (χ3v) is 3.21. The zero-order valence-electron chi connectivity index (χ0n) is 7.77. The van der Waals surface area contributed by atoms with Crippen molar-refractivity contribution in [3.63, 3.8) is 0 Å². The minimum Gasteiger partial charge on any atom is -0.492 e. The summed E-state index contributed by atoms with van der Waals surface area (Å²) >= 11 is 0. The van der Waals surface area contributed by atoms with Crippen LogP contribution in [0, 0.1) is 0 Å². The second-order valence-electron chi connectivity index (χ2n) is 4.24. The molecule has 0 atom stereocenters. The molecule has 12 heavy (non-hydrogen) atoms. The van der Waals surface area contributed by atoms with E-state index in [-0.39, 0.29) is 5.60 Å². The highest BCUT2D eigenvalue weighted by Gasteiger charge is 2.36. The molecule has 0 aromatic heterocycles. The van der Waals surface area contributed by atoms with Crippen molar-refractivity contribution in [1.82, 2.24) is 0 Å². The molecule has 0 radical (unpaired) electrons. The lowest BCUT2D eigenvalue weighted by molar-refractivity contribution is -0.0581. The van der Waals surface area contributed by atoms with Crippen LogP contribution < -0.4 is 0 Å². The molecule has 0 aromatic carbocycles. The third-order valence-electron chi connectivity index (χ3n) is 3.21. The van der Waals surface area contributed by atoms with Crippen LogP contribution in [0.15, 0.2) is 12.3 Å². The summed E-state index contributed by atoms with van der Waals surface area (Å²) in [5.74, 6) is 1.03. The van der Waals surface area contributed by atoms with Gasteiger partial charge in [-0.05, 0) is 38.5 Å². The first-order valence-electron chi connectivity index (χ1n) is 5.18. The van der Waals surface area contributed by atoms with Crippen molar-refractivity contribution in [3.8, 4) is 0 Å². The Labute approximate surface area is 74.8 Å². The van der Waals surface area contributed by atoms with Crippen molar-refractivity contribution in [3.05, 3.63) is 12.3 Å². The van der Waals surface area contributed by atoms with Crippen LogP contribution >= 0.6 is 0 Å². The van der Waals surface area contributed by atoms with Crippen molar-refractivity contribution >= 4 is 0 Å². The molecular weight excluding hydrogens is 148 g/mol. The highest BCUT2D eigenvalue weighted by Crippen LogP contribution is 2.40. The Morgan fingerprint density at radius 2 is 1.67 bits per heavy atom. The first-order chi connectivity index (χ1) is 5.81. The molecule has 0 amide bonds. The Morgan fingerprint density at radius 3 is 2.33 bits per heavy atom. The lowest BCUT2D eigenvalue weighted by Gasteiger charge is -2.41. The number of rotatable bonds is 0. The summed E-state index contributed by atoms with van der Waals surface area (Å²) in [6.07, 6.45) is 10.3. The molecule has 0 bridgehead atoms. The average Bonchev–Trinajstić information content (AvgIpc) is 2.05. The van der Waals surface area contributed by atoms with Crippen LogP contribution in [0.1, 0.15) is 51.4 Å². The summed E-state index contributed by atoms with van der Waals surface area (Å²) in [7, 11) is 0. The molecule has 1 nitrogen and oxygen atoms in total. The minimum absolute atomic E-state index is 0.230. The van der Waals surface area contributed by atoms with Crippen molar-refractivity contribution in [2.45, 2.75) is 57.0 Å². The predicted molar refractivity (Wildman–Crippen MR) is 49.9 cm³/mol. The van der Waals surface area contributed by atoms with Gasteiger partial charge in [-0.1, -0.05) is 13.0 Å². The van der Waals surface area contributed by atoms with E-state index >= 15 is 0 Å². The molecule has 68 valence electrons. The average molecular weight is 166 g/mol. The molecule has 0 N–H and O–H groups in total. The van der Waals surface area contributed by atoms with Gasteiger partial charge in [-0.2, -0.15) is 0 Å². The molecule has 0 unspecified atom stereocenters. The van der Waals surface area contributed by atoms with Gasteiger partial charge >= 0.3 is 0 Å². The molecule has 2 fully saturated rings. The van der Waals surface area contributed by atoms with E-state index in [1.807, 2.05) is 0 Å². The second kappa shape index (κ2) is 3.12. The molecule has 1 heteroatoms. The Bertz CT molecular complexity index is 172. The van der Waals surface area contributed by atoms with E-state index in [2.05, 4.69) is 6.58 Å². The third kappa shape index (κ3) is 1.50. The van der Waals surface area contributed by atoms with Gasteiger partial charge in [-0.3, -0.25) is 0 Å². The van der Waals surface area contributed by atoms with Crippen molar-refractivity contribution in [2.24, 2.45) is 0 Å². The fourth-order valence-corrected chi connectivity index (χ4v) is 2.56. The van der Waals surface area contributed by atoms with Gasteiger partial charge in [0.05, 0.1) is 5.76 Å². The maximum Gasteiger partial charge on any atom is 0.109 e. The van der Waals surface area contributed by atoms with Crippen LogP contribution in [0.2, 0.25) is 0 Å². The van der Waals surface area contributed by atoms with E-state index < -0.39 is 0 Å². The van der Waals surface area contributed by atoms with Gasteiger partial charge in [0.1, 0.15) is 5.60 Å². The van der Waals surface area contributed by atoms with Gasteiger partial charge in [0.2, 0.25) is 0 Å². The van der Waals surface area contributed by atoms with Gasteiger partial charge in [-0.15, -0.1) is 0 Å². The zero-order chi connectivity index (χ0) is 8.44. The van der Waals surface area contributed by atoms with Gasteiger partial charge in [0.25, 0.3) is 0 Å². The zero-order valence-corrected chi connectivity index (χ0v) is 7.77. The van der Waals surface area contributed by atoms with Crippen LogP contribution in [0.25, 0.3) is 0 Å². The summed E-state index contributed by atoms with van der Waals surface area (Å²) in [6.45, 7) is 3.94. The summed E-state index contributed by atoms with van der Waals surface area (Å²) in [5, 5.41) is 0. The van der Waals surface area contributed by atoms with Crippen LogP contribution in [0.4, 0.5) is 0 Å². The van der Waals surface area contributed by atoms with E-state index in [1.165, 1.54) is 44.9 Å². The van der Waals surface area contributed by atoms with E-state index in [0.717, 1.165) is 12.2 Å². The predicted octanol–water partition coefficient (Wildman–Crippen LogP) is 3.40. The quantitative estimate of drug-likeness (QED) is 0.536. The lowest BCUT2D eigenvalue weighted by atomic mass is 9.79. The molecule has 1 spiro atoms.